The van der Waals surface area contributed by atoms with Crippen LogP contribution >= 0.6 is 0 Å². The maximum atomic E-state index is 12.5. The number of carbonyl (C=O) groups is 1. The number of hydrogen-bond donors (Lipinski definition) is 2. The number of benzene rings is 1. The highest BCUT2D eigenvalue weighted by Gasteiger charge is 2.42. The van der Waals surface area contributed by atoms with Gasteiger partial charge >= 0.3 is 0 Å². The molecular weight excluding hydrogens is 264 g/mol. The van der Waals surface area contributed by atoms with E-state index in [9.17, 15) is 4.79 Å². The van der Waals surface area contributed by atoms with Gasteiger partial charge in [-0.1, -0.05) is 30.7 Å². The summed E-state index contributed by atoms with van der Waals surface area (Å²) in [7, 11) is 0. The van der Waals surface area contributed by atoms with Crippen LogP contribution in [0.4, 0.5) is 0 Å². The third-order valence-corrected chi connectivity index (χ3v) is 4.57. The van der Waals surface area contributed by atoms with E-state index < -0.39 is 5.41 Å². The molecule has 1 saturated carbocycles. The summed E-state index contributed by atoms with van der Waals surface area (Å²) in [5.74, 6) is 0.0683. The predicted octanol–water partition coefficient (Wildman–Crippen LogP) is 2.36. The third kappa shape index (κ3) is 3.63. The Morgan fingerprint density at radius 1 is 1.43 bits per heavy atom. The van der Waals surface area contributed by atoms with Crippen molar-refractivity contribution in [3.05, 3.63) is 35.4 Å². The number of carbonyl (C=O) groups excluding carboxylic acids is 1. The van der Waals surface area contributed by atoms with E-state index >= 15 is 0 Å². The van der Waals surface area contributed by atoms with Crippen LogP contribution < -0.4 is 11.1 Å². The van der Waals surface area contributed by atoms with Crippen LogP contribution in [-0.2, 0) is 22.7 Å². The van der Waals surface area contributed by atoms with Crippen molar-refractivity contribution in [3.63, 3.8) is 0 Å². The Bertz CT molecular complexity index is 489. The Morgan fingerprint density at radius 2 is 2.14 bits per heavy atom. The molecule has 0 aliphatic heterocycles. The van der Waals surface area contributed by atoms with Crippen molar-refractivity contribution in [2.45, 2.75) is 52.3 Å². The van der Waals surface area contributed by atoms with Gasteiger partial charge in [-0.3, -0.25) is 4.79 Å². The molecule has 1 amide bonds. The SMILES string of the molecule is CCOCc1ccccc1CNC(=O)C1(C)CCCC1N. The van der Waals surface area contributed by atoms with Crippen molar-refractivity contribution in [1.82, 2.24) is 5.32 Å². The molecule has 2 unspecified atom stereocenters. The van der Waals surface area contributed by atoms with E-state index in [0.717, 1.165) is 30.4 Å². The molecule has 1 aliphatic carbocycles. The molecule has 2 rings (SSSR count). The van der Waals surface area contributed by atoms with Gasteiger partial charge in [0.2, 0.25) is 5.91 Å². The van der Waals surface area contributed by atoms with E-state index in [4.69, 9.17) is 10.5 Å². The Hall–Kier alpha value is -1.39. The van der Waals surface area contributed by atoms with E-state index in [1.54, 1.807) is 0 Å². The van der Waals surface area contributed by atoms with E-state index in [1.165, 1.54) is 0 Å². The highest BCUT2D eigenvalue weighted by atomic mass is 16.5. The van der Waals surface area contributed by atoms with Gasteiger partial charge in [0.15, 0.2) is 0 Å². The number of rotatable bonds is 6. The molecule has 0 aromatic heterocycles. The van der Waals surface area contributed by atoms with Crippen LogP contribution in [0.3, 0.4) is 0 Å². The van der Waals surface area contributed by atoms with Crippen LogP contribution in [0.5, 0.6) is 0 Å². The second-order valence-electron chi connectivity index (χ2n) is 6.00. The lowest BCUT2D eigenvalue weighted by atomic mass is 9.84. The Kier molecular flexibility index (Phi) is 5.37. The molecular formula is C17H26N2O2. The van der Waals surface area contributed by atoms with Gasteiger partial charge in [-0.05, 0) is 37.8 Å². The first-order valence-electron chi connectivity index (χ1n) is 7.76. The van der Waals surface area contributed by atoms with Crippen molar-refractivity contribution < 1.29 is 9.53 Å². The van der Waals surface area contributed by atoms with Crippen LogP contribution in [0.1, 0.15) is 44.2 Å². The maximum Gasteiger partial charge on any atom is 0.227 e. The van der Waals surface area contributed by atoms with Crippen molar-refractivity contribution in [1.29, 1.82) is 0 Å². The minimum absolute atomic E-state index is 0.0313. The largest absolute Gasteiger partial charge is 0.377 e. The first kappa shape index (κ1) is 16.0. The van der Waals surface area contributed by atoms with Crippen LogP contribution in [0.2, 0.25) is 0 Å². The lowest BCUT2D eigenvalue weighted by Crippen LogP contribution is -2.47. The topological polar surface area (TPSA) is 64.3 Å². The number of nitrogens with two attached hydrogens (primary N) is 1. The zero-order valence-electron chi connectivity index (χ0n) is 13.0. The Balaban J connectivity index is 1.98. The summed E-state index contributed by atoms with van der Waals surface area (Å²) in [4.78, 5) is 12.5. The highest BCUT2D eigenvalue weighted by molar-refractivity contribution is 5.83. The summed E-state index contributed by atoms with van der Waals surface area (Å²) in [5, 5.41) is 3.05. The molecule has 4 nitrogen and oxygen atoms in total. The first-order chi connectivity index (χ1) is 10.1. The zero-order valence-corrected chi connectivity index (χ0v) is 13.0. The van der Waals surface area contributed by atoms with Crippen LogP contribution in [0, 0.1) is 5.41 Å². The highest BCUT2D eigenvalue weighted by Crippen LogP contribution is 2.36. The van der Waals surface area contributed by atoms with Gasteiger partial charge in [-0.2, -0.15) is 0 Å². The molecule has 1 aromatic rings. The van der Waals surface area contributed by atoms with Gasteiger partial charge in [0.25, 0.3) is 0 Å². The molecule has 0 heterocycles. The first-order valence-corrected chi connectivity index (χ1v) is 7.76. The number of ether oxygens (including phenoxy) is 1. The van der Waals surface area contributed by atoms with Crippen LogP contribution in [0.15, 0.2) is 24.3 Å². The average molecular weight is 290 g/mol. The molecule has 0 spiro atoms. The lowest BCUT2D eigenvalue weighted by Gasteiger charge is -2.27. The van der Waals surface area contributed by atoms with Gasteiger partial charge in [0, 0.05) is 19.2 Å². The van der Waals surface area contributed by atoms with Gasteiger partial charge < -0.3 is 15.8 Å². The van der Waals surface area contributed by atoms with Crippen molar-refractivity contribution >= 4 is 5.91 Å². The summed E-state index contributed by atoms with van der Waals surface area (Å²) in [6, 6.07) is 8.02. The summed E-state index contributed by atoms with van der Waals surface area (Å²) >= 11 is 0. The molecule has 21 heavy (non-hydrogen) atoms. The minimum Gasteiger partial charge on any atom is -0.377 e. The second-order valence-corrected chi connectivity index (χ2v) is 6.00. The molecule has 1 aliphatic rings. The minimum atomic E-state index is -0.422. The fourth-order valence-electron chi connectivity index (χ4n) is 2.94. The molecule has 1 aromatic carbocycles. The number of nitrogens with one attached hydrogen (secondary N) is 1. The normalized spacial score (nSPS) is 25.0. The van der Waals surface area contributed by atoms with E-state index in [0.29, 0.717) is 19.8 Å². The zero-order chi connectivity index (χ0) is 15.3. The van der Waals surface area contributed by atoms with Gasteiger partial charge in [-0.15, -0.1) is 0 Å². The molecule has 2 atom stereocenters. The molecule has 0 bridgehead atoms. The van der Waals surface area contributed by atoms with Crippen molar-refractivity contribution in [3.8, 4) is 0 Å². The fourth-order valence-corrected chi connectivity index (χ4v) is 2.94. The third-order valence-electron chi connectivity index (χ3n) is 4.57. The van der Waals surface area contributed by atoms with E-state index in [1.807, 2.05) is 38.1 Å². The van der Waals surface area contributed by atoms with Crippen LogP contribution in [-0.4, -0.2) is 18.6 Å². The summed E-state index contributed by atoms with van der Waals surface area (Å²) in [6.07, 6.45) is 2.84. The quantitative estimate of drug-likeness (QED) is 0.845. The molecule has 116 valence electrons. The standard InChI is InChI=1S/C17H26N2O2/c1-3-21-12-14-8-5-4-7-13(14)11-19-16(20)17(2)10-6-9-15(17)18/h4-5,7-8,15H,3,6,9-12,18H2,1-2H3,(H,19,20). The van der Waals surface area contributed by atoms with E-state index in [2.05, 4.69) is 5.32 Å². The Labute approximate surface area is 127 Å². The van der Waals surface area contributed by atoms with Gasteiger partial charge in [0.05, 0.1) is 12.0 Å². The molecule has 0 radical (unpaired) electrons. The van der Waals surface area contributed by atoms with Gasteiger partial charge in [0.1, 0.15) is 0 Å². The van der Waals surface area contributed by atoms with Gasteiger partial charge in [-0.25, -0.2) is 0 Å². The summed E-state index contributed by atoms with van der Waals surface area (Å²) < 4.78 is 5.47. The molecule has 4 heteroatoms. The smallest absolute Gasteiger partial charge is 0.227 e. The second kappa shape index (κ2) is 7.05. The lowest BCUT2D eigenvalue weighted by molar-refractivity contribution is -0.130. The number of hydrogen-bond acceptors (Lipinski definition) is 3. The predicted molar refractivity (Wildman–Crippen MR) is 83.6 cm³/mol. The summed E-state index contributed by atoms with van der Waals surface area (Å²) in [5.41, 5.74) is 7.91. The molecule has 1 fully saturated rings. The molecule has 0 saturated heterocycles. The maximum absolute atomic E-state index is 12.5. The van der Waals surface area contributed by atoms with Crippen molar-refractivity contribution in [2.24, 2.45) is 11.1 Å². The van der Waals surface area contributed by atoms with E-state index in [-0.39, 0.29) is 11.9 Å². The van der Waals surface area contributed by atoms with Crippen LogP contribution in [0.25, 0.3) is 0 Å². The monoisotopic (exact) mass is 290 g/mol. The van der Waals surface area contributed by atoms with Crippen molar-refractivity contribution in [2.75, 3.05) is 6.61 Å². The summed E-state index contributed by atoms with van der Waals surface area (Å²) in [6.45, 7) is 5.76. The Morgan fingerprint density at radius 3 is 2.76 bits per heavy atom. The fraction of sp³-hybridized carbons (Fsp3) is 0.588. The average Bonchev–Trinajstić information content (AvgIpc) is 2.84. The number of amides is 1. The molecule has 3 N–H and O–H groups in total.